The number of hydrogen-bond acceptors (Lipinski definition) is 8. The summed E-state index contributed by atoms with van der Waals surface area (Å²) in [6.07, 6.45) is 1.30. The molecule has 11 heteroatoms. The van der Waals surface area contributed by atoms with Gasteiger partial charge >= 0.3 is 5.97 Å². The summed E-state index contributed by atoms with van der Waals surface area (Å²) in [4.78, 5) is 22.7. The Bertz CT molecular complexity index is 1440. The van der Waals surface area contributed by atoms with Gasteiger partial charge in [-0.15, -0.1) is 0 Å². The van der Waals surface area contributed by atoms with Crippen LogP contribution in [-0.4, -0.2) is 51.2 Å². The van der Waals surface area contributed by atoms with Crippen molar-refractivity contribution in [2.45, 2.75) is 30.2 Å². The summed E-state index contributed by atoms with van der Waals surface area (Å²) < 4.78 is 44.9. The number of esters is 1. The summed E-state index contributed by atoms with van der Waals surface area (Å²) in [5.74, 6) is 0.0836. The fourth-order valence-corrected chi connectivity index (χ4v) is 6.53. The monoisotopic (exact) mass is 540 g/mol. The first kappa shape index (κ1) is 27.2. The first-order valence-corrected chi connectivity index (χ1v) is 13.4. The Morgan fingerprint density at radius 2 is 1.82 bits per heavy atom. The number of aryl methyl sites for hydroxylation is 1. The number of hydrogen-bond donors (Lipinski definition) is 0. The number of nitro groups is 1. The molecule has 1 atom stereocenters. The number of ether oxygens (including phenoxy) is 3. The van der Waals surface area contributed by atoms with Crippen molar-refractivity contribution < 1.29 is 32.3 Å². The van der Waals surface area contributed by atoms with Crippen molar-refractivity contribution in [3.63, 3.8) is 0 Å². The lowest BCUT2D eigenvalue weighted by Crippen LogP contribution is -2.36. The summed E-state index contributed by atoms with van der Waals surface area (Å²) in [6.45, 7) is 0.0817. The highest BCUT2D eigenvalue weighted by Crippen LogP contribution is 2.41. The molecular formula is C27H28N2O8S. The molecule has 3 aromatic rings. The number of benzene rings is 3. The number of carbonyl (C=O) groups excluding carboxylic acids is 1. The number of sulfonamides is 1. The highest BCUT2D eigenvalue weighted by molar-refractivity contribution is 7.89. The van der Waals surface area contributed by atoms with Gasteiger partial charge in [-0.1, -0.05) is 36.4 Å². The van der Waals surface area contributed by atoms with E-state index in [1.807, 2.05) is 18.2 Å². The first-order chi connectivity index (χ1) is 18.3. The second-order valence-electron chi connectivity index (χ2n) is 8.71. The van der Waals surface area contributed by atoms with Crippen molar-refractivity contribution in [3.8, 4) is 5.75 Å². The standard InChI is InChI=1S/C27H28N2O8S/c1-35-18-37-25-9-5-3-7-19(25)15-16-28(38(33,34)26-10-6-4-8-24(26)29(31)32)23-14-12-20-17-21(27(30)36-2)11-13-22(20)23/h3-11,13,17,23H,12,14-16,18H2,1-2H3. The number of carbonyl (C=O) groups is 1. The molecule has 200 valence electrons. The van der Waals surface area contributed by atoms with Gasteiger partial charge < -0.3 is 14.2 Å². The molecule has 0 aromatic heterocycles. The van der Waals surface area contributed by atoms with E-state index < -0.39 is 32.6 Å². The molecule has 1 unspecified atom stereocenters. The predicted octanol–water partition coefficient (Wildman–Crippen LogP) is 4.29. The third-order valence-corrected chi connectivity index (χ3v) is 8.47. The summed E-state index contributed by atoms with van der Waals surface area (Å²) >= 11 is 0. The maximum atomic E-state index is 14.1. The lowest BCUT2D eigenvalue weighted by atomic mass is 10.0. The molecule has 10 nitrogen and oxygen atoms in total. The second kappa shape index (κ2) is 11.7. The van der Waals surface area contributed by atoms with E-state index in [1.54, 1.807) is 24.3 Å². The average Bonchev–Trinajstić information content (AvgIpc) is 3.34. The van der Waals surface area contributed by atoms with Gasteiger partial charge in [-0.05, 0) is 60.2 Å². The van der Waals surface area contributed by atoms with Crippen LogP contribution in [0.3, 0.4) is 0 Å². The van der Waals surface area contributed by atoms with Gasteiger partial charge in [0.25, 0.3) is 5.69 Å². The van der Waals surface area contributed by atoms with Crippen LogP contribution >= 0.6 is 0 Å². The van der Waals surface area contributed by atoms with Gasteiger partial charge in [0.15, 0.2) is 11.7 Å². The highest BCUT2D eigenvalue weighted by atomic mass is 32.2. The molecule has 0 N–H and O–H groups in total. The number of nitro benzene ring substituents is 1. The van der Waals surface area contributed by atoms with Gasteiger partial charge in [0.2, 0.25) is 10.0 Å². The minimum absolute atomic E-state index is 0.0355. The Morgan fingerprint density at radius 1 is 1.08 bits per heavy atom. The molecule has 0 saturated heterocycles. The summed E-state index contributed by atoms with van der Waals surface area (Å²) in [5.41, 5.74) is 2.25. The fraction of sp³-hybridized carbons (Fsp3) is 0.296. The Labute approximate surface area is 220 Å². The van der Waals surface area contributed by atoms with E-state index in [0.29, 0.717) is 30.6 Å². The minimum Gasteiger partial charge on any atom is -0.467 e. The topological polar surface area (TPSA) is 125 Å². The van der Waals surface area contributed by atoms with E-state index in [2.05, 4.69) is 0 Å². The van der Waals surface area contributed by atoms with Crippen LogP contribution in [0, 0.1) is 10.1 Å². The van der Waals surface area contributed by atoms with Crippen LogP contribution in [0.5, 0.6) is 5.75 Å². The number of rotatable bonds is 11. The molecule has 0 amide bonds. The molecule has 4 rings (SSSR count). The summed E-state index contributed by atoms with van der Waals surface area (Å²) in [5, 5.41) is 11.7. The lowest BCUT2D eigenvalue weighted by Gasteiger charge is -2.29. The molecule has 0 heterocycles. The van der Waals surface area contributed by atoms with Crippen LogP contribution < -0.4 is 4.74 Å². The van der Waals surface area contributed by atoms with Crippen molar-refractivity contribution in [3.05, 3.63) is 99.1 Å². The largest absolute Gasteiger partial charge is 0.467 e. The van der Waals surface area contributed by atoms with Crippen LogP contribution in [0.25, 0.3) is 0 Å². The molecular weight excluding hydrogens is 512 g/mol. The average molecular weight is 541 g/mol. The van der Waals surface area contributed by atoms with E-state index in [0.717, 1.165) is 16.7 Å². The SMILES string of the molecule is COCOc1ccccc1CCN(C1CCc2cc(C(=O)OC)ccc21)S(=O)(=O)c1ccccc1[N+](=O)[O-]. The van der Waals surface area contributed by atoms with Gasteiger partial charge in [0.1, 0.15) is 5.75 Å². The van der Waals surface area contributed by atoms with E-state index in [4.69, 9.17) is 14.2 Å². The molecule has 0 saturated carbocycles. The third-order valence-electron chi connectivity index (χ3n) is 6.51. The number of nitrogens with zero attached hydrogens (tertiary/aromatic N) is 2. The Hall–Kier alpha value is -3.80. The molecule has 38 heavy (non-hydrogen) atoms. The van der Waals surface area contributed by atoms with Gasteiger partial charge in [0.05, 0.1) is 23.6 Å². The zero-order chi connectivity index (χ0) is 27.3. The normalized spacial score (nSPS) is 14.8. The van der Waals surface area contributed by atoms with E-state index in [9.17, 15) is 23.3 Å². The molecule has 0 fully saturated rings. The maximum Gasteiger partial charge on any atom is 0.337 e. The van der Waals surface area contributed by atoms with Crippen LogP contribution in [0.1, 0.15) is 39.5 Å². The Kier molecular flexibility index (Phi) is 8.40. The van der Waals surface area contributed by atoms with Crippen molar-refractivity contribution in [2.75, 3.05) is 27.6 Å². The molecule has 1 aliphatic rings. The van der Waals surface area contributed by atoms with Crippen LogP contribution in [0.15, 0.2) is 71.6 Å². The molecule has 3 aromatic carbocycles. The Morgan fingerprint density at radius 3 is 2.55 bits per heavy atom. The lowest BCUT2D eigenvalue weighted by molar-refractivity contribution is -0.387. The second-order valence-corrected chi connectivity index (χ2v) is 10.6. The number of methoxy groups -OCH3 is 2. The van der Waals surface area contributed by atoms with Gasteiger partial charge in [-0.3, -0.25) is 10.1 Å². The highest BCUT2D eigenvalue weighted by Gasteiger charge is 2.39. The molecule has 1 aliphatic carbocycles. The fourth-order valence-electron chi connectivity index (χ4n) is 4.74. The maximum absolute atomic E-state index is 14.1. The van der Waals surface area contributed by atoms with Crippen molar-refractivity contribution in [1.29, 1.82) is 0 Å². The summed E-state index contributed by atoms with van der Waals surface area (Å²) in [7, 11) is -1.49. The molecule has 0 radical (unpaired) electrons. The van der Waals surface area contributed by atoms with Gasteiger partial charge in [-0.2, -0.15) is 4.31 Å². The van der Waals surface area contributed by atoms with E-state index in [-0.39, 0.29) is 18.2 Å². The van der Waals surface area contributed by atoms with Gasteiger partial charge in [0, 0.05) is 19.7 Å². The zero-order valence-electron chi connectivity index (χ0n) is 21.0. The predicted molar refractivity (Wildman–Crippen MR) is 138 cm³/mol. The Balaban J connectivity index is 1.75. The van der Waals surface area contributed by atoms with Crippen molar-refractivity contribution in [1.82, 2.24) is 4.31 Å². The number of fused-ring (bicyclic) bond motifs is 1. The minimum atomic E-state index is -4.30. The van der Waals surface area contributed by atoms with E-state index in [1.165, 1.54) is 42.8 Å². The summed E-state index contributed by atoms with van der Waals surface area (Å²) in [6, 6.07) is 17.1. The molecule has 0 spiro atoms. The first-order valence-electron chi connectivity index (χ1n) is 11.9. The third kappa shape index (κ3) is 5.54. The molecule has 0 bridgehead atoms. The quantitative estimate of drug-likeness (QED) is 0.153. The molecule has 0 aliphatic heterocycles. The number of para-hydroxylation sites is 2. The van der Waals surface area contributed by atoms with E-state index >= 15 is 0 Å². The van der Waals surface area contributed by atoms with Crippen LogP contribution in [0.2, 0.25) is 0 Å². The van der Waals surface area contributed by atoms with Crippen LogP contribution in [0.4, 0.5) is 5.69 Å². The van der Waals surface area contributed by atoms with Crippen molar-refractivity contribution >= 4 is 21.7 Å². The zero-order valence-corrected chi connectivity index (χ0v) is 21.8. The smallest absolute Gasteiger partial charge is 0.337 e. The van der Waals surface area contributed by atoms with Gasteiger partial charge in [-0.25, -0.2) is 13.2 Å². The van der Waals surface area contributed by atoms with Crippen LogP contribution in [-0.2, 0) is 32.3 Å². The van der Waals surface area contributed by atoms with Crippen molar-refractivity contribution in [2.24, 2.45) is 0 Å².